The zero-order valence-electron chi connectivity index (χ0n) is 11.1. The highest BCUT2D eigenvalue weighted by Gasteiger charge is 2.16. The van der Waals surface area contributed by atoms with Crippen molar-refractivity contribution < 1.29 is 13.9 Å². The van der Waals surface area contributed by atoms with E-state index in [9.17, 15) is 9.18 Å². The summed E-state index contributed by atoms with van der Waals surface area (Å²) in [7, 11) is 0. The fraction of sp³-hybridized carbons (Fsp3) is 0.385. The Morgan fingerprint density at radius 2 is 2.11 bits per heavy atom. The number of ether oxygens (including phenoxy) is 1. The molecule has 1 aromatic carbocycles. The maximum Gasteiger partial charge on any atom is 0.412 e. The van der Waals surface area contributed by atoms with Gasteiger partial charge in [-0.25, -0.2) is 9.18 Å². The number of nitrogens with two attached hydrogens (primary N) is 1. The van der Waals surface area contributed by atoms with E-state index in [0.29, 0.717) is 11.3 Å². The number of benzene rings is 1. The first-order valence-electron chi connectivity index (χ1n) is 5.74. The van der Waals surface area contributed by atoms with Crippen LogP contribution >= 0.6 is 12.2 Å². The largest absolute Gasteiger partial charge is 0.444 e. The van der Waals surface area contributed by atoms with Crippen molar-refractivity contribution in [3.8, 4) is 0 Å². The highest BCUT2D eigenvalue weighted by atomic mass is 32.1. The molecule has 6 heteroatoms. The van der Waals surface area contributed by atoms with Crippen molar-refractivity contribution in [2.24, 2.45) is 5.73 Å². The molecule has 0 atom stereocenters. The molecule has 0 aromatic heterocycles. The van der Waals surface area contributed by atoms with Crippen molar-refractivity contribution in [2.75, 3.05) is 5.32 Å². The Labute approximate surface area is 117 Å². The van der Waals surface area contributed by atoms with Crippen LogP contribution in [0, 0.1) is 5.82 Å². The second-order valence-corrected chi connectivity index (χ2v) is 5.60. The number of hydrogen-bond donors (Lipinski definition) is 2. The summed E-state index contributed by atoms with van der Waals surface area (Å²) < 4.78 is 18.8. The number of hydrogen-bond acceptors (Lipinski definition) is 3. The van der Waals surface area contributed by atoms with Gasteiger partial charge in [0.15, 0.2) is 0 Å². The fourth-order valence-corrected chi connectivity index (χ4v) is 1.53. The molecule has 4 nitrogen and oxygen atoms in total. The van der Waals surface area contributed by atoms with Crippen LogP contribution in [-0.2, 0) is 11.2 Å². The minimum Gasteiger partial charge on any atom is -0.444 e. The lowest BCUT2D eigenvalue weighted by molar-refractivity contribution is 0.0636. The second kappa shape index (κ2) is 5.97. The Balaban J connectivity index is 2.73. The number of anilines is 1. The molecule has 0 aliphatic rings. The van der Waals surface area contributed by atoms with Crippen molar-refractivity contribution in [3.05, 3.63) is 29.6 Å². The first-order valence-corrected chi connectivity index (χ1v) is 6.15. The van der Waals surface area contributed by atoms with Gasteiger partial charge in [-0.15, -0.1) is 0 Å². The predicted octanol–water partition coefficient (Wildman–Crippen LogP) is 3.00. The average molecular weight is 284 g/mol. The van der Waals surface area contributed by atoms with Gasteiger partial charge in [0, 0.05) is 12.1 Å². The van der Waals surface area contributed by atoms with E-state index >= 15 is 0 Å². The van der Waals surface area contributed by atoms with Crippen LogP contribution in [0.25, 0.3) is 0 Å². The number of rotatable bonds is 3. The van der Waals surface area contributed by atoms with Gasteiger partial charge in [-0.1, -0.05) is 18.3 Å². The highest BCUT2D eigenvalue weighted by Crippen LogP contribution is 2.16. The number of amides is 1. The van der Waals surface area contributed by atoms with E-state index < -0.39 is 17.5 Å². The van der Waals surface area contributed by atoms with Crippen LogP contribution in [0.3, 0.4) is 0 Å². The average Bonchev–Trinajstić information content (AvgIpc) is 2.18. The van der Waals surface area contributed by atoms with Crippen molar-refractivity contribution in [1.82, 2.24) is 0 Å². The molecule has 0 unspecified atom stereocenters. The summed E-state index contributed by atoms with van der Waals surface area (Å²) >= 11 is 4.72. The normalized spacial score (nSPS) is 10.9. The van der Waals surface area contributed by atoms with Crippen molar-refractivity contribution in [2.45, 2.75) is 32.8 Å². The highest BCUT2D eigenvalue weighted by molar-refractivity contribution is 7.80. The summed E-state index contributed by atoms with van der Waals surface area (Å²) in [6.07, 6.45) is -0.442. The Kier molecular flexibility index (Phi) is 4.83. The van der Waals surface area contributed by atoms with Gasteiger partial charge < -0.3 is 10.5 Å². The Bertz CT molecular complexity index is 498. The fourth-order valence-electron chi connectivity index (χ4n) is 1.38. The van der Waals surface area contributed by atoms with Crippen LogP contribution in [0.2, 0.25) is 0 Å². The molecule has 0 heterocycles. The Morgan fingerprint density at radius 1 is 1.47 bits per heavy atom. The molecule has 0 saturated carbocycles. The lowest BCUT2D eigenvalue weighted by Crippen LogP contribution is -2.27. The lowest BCUT2D eigenvalue weighted by atomic mass is 10.1. The molecular formula is C13H17FN2O2S. The summed E-state index contributed by atoms with van der Waals surface area (Å²) in [5.41, 5.74) is 5.46. The number of nitrogens with one attached hydrogen (secondary N) is 1. The van der Waals surface area contributed by atoms with Crippen LogP contribution in [0.5, 0.6) is 0 Å². The summed E-state index contributed by atoms with van der Waals surface area (Å²) in [5.74, 6) is -0.471. The smallest absolute Gasteiger partial charge is 0.412 e. The molecular weight excluding hydrogens is 267 g/mol. The van der Waals surface area contributed by atoms with Crippen molar-refractivity contribution in [3.63, 3.8) is 0 Å². The van der Waals surface area contributed by atoms with Crippen LogP contribution < -0.4 is 11.1 Å². The van der Waals surface area contributed by atoms with E-state index in [1.165, 1.54) is 12.1 Å². The van der Waals surface area contributed by atoms with E-state index in [4.69, 9.17) is 22.7 Å². The molecule has 0 bridgehead atoms. The minimum absolute atomic E-state index is 0.188. The summed E-state index contributed by atoms with van der Waals surface area (Å²) in [5, 5.41) is 2.45. The van der Waals surface area contributed by atoms with Gasteiger partial charge in [0.25, 0.3) is 0 Å². The van der Waals surface area contributed by atoms with Gasteiger partial charge in [-0.3, -0.25) is 5.32 Å². The number of halogens is 1. The molecule has 1 rings (SSSR count). The van der Waals surface area contributed by atoms with Gasteiger partial charge in [0.05, 0.1) is 4.99 Å². The number of carbonyl (C=O) groups excluding carboxylic acids is 1. The molecule has 0 radical (unpaired) electrons. The Hall–Kier alpha value is -1.69. The van der Waals surface area contributed by atoms with Crippen LogP contribution in [0.4, 0.5) is 14.9 Å². The van der Waals surface area contributed by atoms with Gasteiger partial charge in [-0.2, -0.15) is 0 Å². The maximum absolute atomic E-state index is 13.7. The summed E-state index contributed by atoms with van der Waals surface area (Å²) in [6, 6.07) is 4.30. The molecule has 1 aromatic rings. The molecule has 0 saturated heterocycles. The molecule has 19 heavy (non-hydrogen) atoms. The van der Waals surface area contributed by atoms with E-state index in [1.54, 1.807) is 26.8 Å². The first-order chi connectivity index (χ1) is 8.67. The van der Waals surface area contributed by atoms with Crippen molar-refractivity contribution in [1.29, 1.82) is 0 Å². The number of carbonyl (C=O) groups is 1. The molecule has 0 fully saturated rings. The van der Waals surface area contributed by atoms with E-state index in [-0.39, 0.29) is 11.4 Å². The summed E-state index contributed by atoms with van der Waals surface area (Å²) in [4.78, 5) is 11.7. The third-order valence-electron chi connectivity index (χ3n) is 2.06. The zero-order valence-corrected chi connectivity index (χ0v) is 11.9. The van der Waals surface area contributed by atoms with Crippen LogP contribution in [0.1, 0.15) is 26.3 Å². The molecule has 0 spiro atoms. The second-order valence-electron chi connectivity index (χ2n) is 5.08. The molecule has 0 aliphatic heterocycles. The quantitative estimate of drug-likeness (QED) is 0.837. The van der Waals surface area contributed by atoms with Crippen LogP contribution in [0.15, 0.2) is 18.2 Å². The van der Waals surface area contributed by atoms with Crippen molar-refractivity contribution >= 4 is 29.0 Å². The summed E-state index contributed by atoms with van der Waals surface area (Å²) in [6.45, 7) is 5.25. The predicted molar refractivity (Wildman–Crippen MR) is 76.7 cm³/mol. The number of thiocarbonyl (C=S) groups is 1. The van der Waals surface area contributed by atoms with Crippen LogP contribution in [-0.4, -0.2) is 16.7 Å². The topological polar surface area (TPSA) is 64.3 Å². The molecule has 3 N–H and O–H groups in total. The Morgan fingerprint density at radius 3 is 2.58 bits per heavy atom. The molecule has 1 amide bonds. The molecule has 104 valence electrons. The van der Waals surface area contributed by atoms with Gasteiger partial charge in [-0.05, 0) is 38.5 Å². The van der Waals surface area contributed by atoms with Gasteiger partial charge in [0.2, 0.25) is 0 Å². The standard InChI is InChI=1S/C13H17FN2O2S/c1-13(2,3)18-12(17)16-9-5-4-8(6-11(15)19)10(14)7-9/h4-5,7H,6H2,1-3H3,(H2,15,19)(H,16,17). The third kappa shape index (κ3) is 5.65. The third-order valence-corrected chi connectivity index (χ3v) is 2.21. The van der Waals surface area contributed by atoms with E-state index in [1.807, 2.05) is 0 Å². The first kappa shape index (κ1) is 15.4. The maximum atomic E-state index is 13.7. The lowest BCUT2D eigenvalue weighted by Gasteiger charge is -2.19. The van der Waals surface area contributed by atoms with Gasteiger partial charge >= 0.3 is 6.09 Å². The molecule has 0 aliphatic carbocycles. The SMILES string of the molecule is CC(C)(C)OC(=O)Nc1ccc(CC(N)=S)c(F)c1. The monoisotopic (exact) mass is 284 g/mol. The minimum atomic E-state index is -0.631. The van der Waals surface area contributed by atoms with E-state index in [0.717, 1.165) is 0 Å². The van der Waals surface area contributed by atoms with E-state index in [2.05, 4.69) is 5.32 Å². The zero-order chi connectivity index (χ0) is 14.6. The van der Waals surface area contributed by atoms with Gasteiger partial charge in [0.1, 0.15) is 11.4 Å².